The highest BCUT2D eigenvalue weighted by Crippen LogP contribution is 2.17. The summed E-state index contributed by atoms with van der Waals surface area (Å²) in [4.78, 5) is 4.39. The molecule has 2 rings (SSSR count). The zero-order valence-electron chi connectivity index (χ0n) is 8.55. The molecule has 1 fully saturated rings. The van der Waals surface area contributed by atoms with Gasteiger partial charge in [-0.15, -0.1) is 11.3 Å². The van der Waals surface area contributed by atoms with E-state index in [0.29, 0.717) is 0 Å². The fourth-order valence-corrected chi connectivity index (χ4v) is 2.07. The Labute approximate surface area is 88.9 Å². The molecule has 3 nitrogen and oxygen atoms in total. The SMILES string of the molecule is Cc1csc(CNCCNC2CC2)n1. The van der Waals surface area contributed by atoms with E-state index in [1.165, 1.54) is 17.8 Å². The molecule has 2 N–H and O–H groups in total. The minimum atomic E-state index is 0.818. The molecule has 0 atom stereocenters. The van der Waals surface area contributed by atoms with Gasteiger partial charge in [-0.3, -0.25) is 0 Å². The topological polar surface area (TPSA) is 37.0 Å². The van der Waals surface area contributed by atoms with Gasteiger partial charge < -0.3 is 10.6 Å². The minimum Gasteiger partial charge on any atom is -0.313 e. The molecule has 0 aliphatic heterocycles. The van der Waals surface area contributed by atoms with Crippen molar-refractivity contribution in [2.24, 2.45) is 0 Å². The van der Waals surface area contributed by atoms with E-state index in [9.17, 15) is 0 Å². The lowest BCUT2D eigenvalue weighted by Gasteiger charge is -2.03. The molecule has 1 aliphatic rings. The van der Waals surface area contributed by atoms with Crippen molar-refractivity contribution in [2.75, 3.05) is 13.1 Å². The maximum Gasteiger partial charge on any atom is 0.107 e. The number of hydrogen-bond acceptors (Lipinski definition) is 4. The summed E-state index contributed by atoms with van der Waals surface area (Å²) in [6.45, 7) is 5.06. The Morgan fingerprint density at radius 1 is 1.50 bits per heavy atom. The standard InChI is InChI=1S/C10H17N3S/c1-8-7-14-10(13-8)6-11-4-5-12-9-2-3-9/h7,9,11-12H,2-6H2,1H3. The first-order valence-corrected chi connectivity index (χ1v) is 6.07. The highest BCUT2D eigenvalue weighted by molar-refractivity contribution is 7.09. The van der Waals surface area contributed by atoms with Crippen LogP contribution in [-0.2, 0) is 6.54 Å². The third-order valence-electron chi connectivity index (χ3n) is 2.25. The maximum atomic E-state index is 4.39. The zero-order chi connectivity index (χ0) is 9.80. The van der Waals surface area contributed by atoms with Crippen molar-refractivity contribution in [3.63, 3.8) is 0 Å². The van der Waals surface area contributed by atoms with Gasteiger partial charge in [0, 0.05) is 36.8 Å². The largest absolute Gasteiger partial charge is 0.313 e. The van der Waals surface area contributed by atoms with Gasteiger partial charge >= 0.3 is 0 Å². The first-order valence-electron chi connectivity index (χ1n) is 5.20. The molecule has 0 unspecified atom stereocenters. The average molecular weight is 211 g/mol. The van der Waals surface area contributed by atoms with Crippen LogP contribution in [0.5, 0.6) is 0 Å². The summed E-state index contributed by atoms with van der Waals surface area (Å²) in [5.74, 6) is 0. The molecule has 0 spiro atoms. The van der Waals surface area contributed by atoms with Crippen LogP contribution in [0.3, 0.4) is 0 Å². The molecule has 0 amide bonds. The molecule has 1 saturated carbocycles. The summed E-state index contributed by atoms with van der Waals surface area (Å²) >= 11 is 1.73. The molecule has 4 heteroatoms. The molecule has 0 radical (unpaired) electrons. The monoisotopic (exact) mass is 211 g/mol. The second kappa shape index (κ2) is 4.87. The first kappa shape index (κ1) is 10.1. The van der Waals surface area contributed by atoms with Crippen LogP contribution in [0.2, 0.25) is 0 Å². The number of rotatable bonds is 6. The van der Waals surface area contributed by atoms with Gasteiger partial charge in [0.2, 0.25) is 0 Å². The molecule has 14 heavy (non-hydrogen) atoms. The summed E-state index contributed by atoms with van der Waals surface area (Å²) < 4.78 is 0. The molecule has 1 aromatic rings. The van der Waals surface area contributed by atoms with Crippen LogP contribution in [-0.4, -0.2) is 24.1 Å². The van der Waals surface area contributed by atoms with Crippen molar-refractivity contribution in [3.8, 4) is 0 Å². The molecule has 1 aromatic heterocycles. The Morgan fingerprint density at radius 2 is 2.36 bits per heavy atom. The number of nitrogens with zero attached hydrogens (tertiary/aromatic N) is 1. The molecule has 1 heterocycles. The van der Waals surface area contributed by atoms with E-state index in [-0.39, 0.29) is 0 Å². The van der Waals surface area contributed by atoms with Crippen molar-refractivity contribution in [1.29, 1.82) is 0 Å². The number of aryl methyl sites for hydroxylation is 1. The van der Waals surface area contributed by atoms with Crippen LogP contribution in [0.25, 0.3) is 0 Å². The van der Waals surface area contributed by atoms with Crippen molar-refractivity contribution in [3.05, 3.63) is 16.1 Å². The maximum absolute atomic E-state index is 4.39. The smallest absolute Gasteiger partial charge is 0.107 e. The summed E-state index contributed by atoms with van der Waals surface area (Å²) in [5, 5.41) is 10.1. The summed E-state index contributed by atoms with van der Waals surface area (Å²) in [6.07, 6.45) is 2.73. The lowest BCUT2D eigenvalue weighted by molar-refractivity contribution is 0.607. The van der Waals surface area contributed by atoms with E-state index in [4.69, 9.17) is 0 Å². The van der Waals surface area contributed by atoms with E-state index < -0.39 is 0 Å². The number of hydrogen-bond donors (Lipinski definition) is 2. The molecule has 0 saturated heterocycles. The van der Waals surface area contributed by atoms with Gasteiger partial charge in [-0.05, 0) is 19.8 Å². The van der Waals surface area contributed by atoms with Crippen molar-refractivity contribution < 1.29 is 0 Å². The van der Waals surface area contributed by atoms with Gasteiger partial charge in [0.25, 0.3) is 0 Å². The Balaban J connectivity index is 1.53. The van der Waals surface area contributed by atoms with E-state index in [2.05, 4.69) is 21.0 Å². The van der Waals surface area contributed by atoms with Crippen LogP contribution in [0.1, 0.15) is 23.5 Å². The lowest BCUT2D eigenvalue weighted by Crippen LogP contribution is -2.28. The average Bonchev–Trinajstić information content (AvgIpc) is 2.89. The Morgan fingerprint density at radius 3 is 3.00 bits per heavy atom. The highest BCUT2D eigenvalue weighted by Gasteiger charge is 2.19. The molecule has 1 aliphatic carbocycles. The van der Waals surface area contributed by atoms with Gasteiger partial charge in [0.15, 0.2) is 0 Å². The molecule has 78 valence electrons. The summed E-state index contributed by atoms with van der Waals surface area (Å²) in [7, 11) is 0. The van der Waals surface area contributed by atoms with Crippen LogP contribution in [0.15, 0.2) is 5.38 Å². The van der Waals surface area contributed by atoms with Crippen LogP contribution in [0.4, 0.5) is 0 Å². The van der Waals surface area contributed by atoms with E-state index in [1.54, 1.807) is 11.3 Å². The Kier molecular flexibility index (Phi) is 3.50. The normalized spacial score (nSPS) is 16.1. The van der Waals surface area contributed by atoms with Crippen molar-refractivity contribution >= 4 is 11.3 Å². The fourth-order valence-electron chi connectivity index (χ4n) is 1.33. The van der Waals surface area contributed by atoms with Crippen LogP contribution < -0.4 is 10.6 Å². The summed E-state index contributed by atoms with van der Waals surface area (Å²) in [5.41, 5.74) is 1.13. The Bertz CT molecular complexity index is 281. The molecule has 0 bridgehead atoms. The first-order chi connectivity index (χ1) is 6.84. The van der Waals surface area contributed by atoms with Gasteiger partial charge in [0.05, 0.1) is 0 Å². The van der Waals surface area contributed by atoms with Crippen LogP contribution >= 0.6 is 11.3 Å². The van der Waals surface area contributed by atoms with Gasteiger partial charge in [-0.1, -0.05) is 0 Å². The molecular weight excluding hydrogens is 194 g/mol. The number of nitrogens with one attached hydrogen (secondary N) is 2. The van der Waals surface area contributed by atoms with Crippen LogP contribution in [0, 0.1) is 6.92 Å². The third-order valence-corrected chi connectivity index (χ3v) is 3.22. The number of aromatic nitrogens is 1. The summed E-state index contributed by atoms with van der Waals surface area (Å²) in [6, 6.07) is 0.818. The molecular formula is C10H17N3S. The van der Waals surface area contributed by atoms with Crippen molar-refractivity contribution in [2.45, 2.75) is 32.4 Å². The predicted molar refractivity (Wildman–Crippen MR) is 59.6 cm³/mol. The Hall–Kier alpha value is -0.450. The van der Waals surface area contributed by atoms with E-state index in [1.807, 2.05) is 6.92 Å². The van der Waals surface area contributed by atoms with Gasteiger partial charge in [-0.2, -0.15) is 0 Å². The van der Waals surface area contributed by atoms with Crippen molar-refractivity contribution in [1.82, 2.24) is 15.6 Å². The lowest BCUT2D eigenvalue weighted by atomic mass is 10.5. The molecule has 0 aromatic carbocycles. The van der Waals surface area contributed by atoms with Gasteiger partial charge in [0.1, 0.15) is 5.01 Å². The van der Waals surface area contributed by atoms with E-state index >= 15 is 0 Å². The fraction of sp³-hybridized carbons (Fsp3) is 0.700. The quantitative estimate of drug-likeness (QED) is 0.696. The predicted octanol–water partition coefficient (Wildman–Crippen LogP) is 1.29. The highest BCUT2D eigenvalue weighted by atomic mass is 32.1. The zero-order valence-corrected chi connectivity index (χ0v) is 9.36. The second-order valence-electron chi connectivity index (χ2n) is 3.79. The van der Waals surface area contributed by atoms with Gasteiger partial charge in [-0.25, -0.2) is 4.98 Å². The second-order valence-corrected chi connectivity index (χ2v) is 4.73. The minimum absolute atomic E-state index is 0.818. The van der Waals surface area contributed by atoms with E-state index in [0.717, 1.165) is 31.4 Å². The third kappa shape index (κ3) is 3.36. The number of thiazole rings is 1.